The van der Waals surface area contributed by atoms with Crippen LogP contribution < -0.4 is 0 Å². The maximum Gasteiger partial charge on any atom is 0.335 e. The summed E-state index contributed by atoms with van der Waals surface area (Å²) in [6.45, 7) is 11.7. The first-order chi connectivity index (χ1) is 14.4. The fourth-order valence-electron chi connectivity index (χ4n) is 8.37. The molecule has 4 nitrogen and oxygen atoms in total. The number of phenols is 1. The van der Waals surface area contributed by atoms with Crippen LogP contribution >= 0.6 is 0 Å². The molecule has 31 heavy (non-hydrogen) atoms. The quantitative estimate of drug-likeness (QED) is 0.570. The summed E-state index contributed by atoms with van der Waals surface area (Å²) < 4.78 is 0. The van der Waals surface area contributed by atoms with Gasteiger partial charge in [-0.1, -0.05) is 34.6 Å². The predicted molar refractivity (Wildman–Crippen MR) is 121 cm³/mol. The van der Waals surface area contributed by atoms with Crippen LogP contribution in [0.1, 0.15) is 89.1 Å². The van der Waals surface area contributed by atoms with Crippen LogP contribution in [-0.4, -0.2) is 22.5 Å². The molecule has 0 radical (unpaired) electrons. The Morgan fingerprint density at radius 2 is 1.74 bits per heavy atom. The van der Waals surface area contributed by atoms with E-state index in [0.29, 0.717) is 24.2 Å². The summed E-state index contributed by atoms with van der Waals surface area (Å²) in [6.07, 6.45) is 8.49. The molecule has 1 aromatic rings. The van der Waals surface area contributed by atoms with E-state index >= 15 is 0 Å². The Morgan fingerprint density at radius 1 is 1.06 bits per heavy atom. The summed E-state index contributed by atoms with van der Waals surface area (Å²) in [5.41, 5.74) is 0.928. The fourth-order valence-corrected chi connectivity index (χ4v) is 8.37. The zero-order valence-corrected chi connectivity index (χ0v) is 19.7. The lowest BCUT2D eigenvalue weighted by atomic mass is 9.39. The van der Waals surface area contributed by atoms with Crippen molar-refractivity contribution in [3.8, 4) is 5.75 Å². The third kappa shape index (κ3) is 3.00. The number of aldehydes is 1. The number of aromatic carboxylic acids is 1. The van der Waals surface area contributed by atoms with Gasteiger partial charge in [0.2, 0.25) is 0 Å². The normalized spacial score (nSPS) is 44.4. The van der Waals surface area contributed by atoms with E-state index in [0.717, 1.165) is 37.7 Å². The first-order valence-corrected chi connectivity index (χ1v) is 11.9. The molecule has 3 aliphatic carbocycles. The molecule has 0 unspecified atom stereocenters. The molecule has 1 aromatic carbocycles. The second-order valence-corrected chi connectivity index (χ2v) is 11.9. The number of hydrogen-bond acceptors (Lipinski definition) is 3. The molecule has 2 N–H and O–H groups in total. The Morgan fingerprint density at radius 3 is 2.39 bits per heavy atom. The molecular weight excluding hydrogens is 388 g/mol. The molecule has 3 aliphatic rings. The summed E-state index contributed by atoms with van der Waals surface area (Å²) in [7, 11) is 0. The molecule has 0 aliphatic heterocycles. The van der Waals surface area contributed by atoms with Gasteiger partial charge in [0.25, 0.3) is 0 Å². The summed E-state index contributed by atoms with van der Waals surface area (Å²) in [4.78, 5) is 23.6. The average Bonchev–Trinajstić information content (AvgIpc) is 2.99. The number of fused-ring (bicyclic) bond motifs is 3. The summed E-state index contributed by atoms with van der Waals surface area (Å²) >= 11 is 0. The van der Waals surface area contributed by atoms with Gasteiger partial charge in [-0.25, -0.2) is 4.79 Å². The maximum atomic E-state index is 12.1. The van der Waals surface area contributed by atoms with Crippen molar-refractivity contribution in [1.29, 1.82) is 0 Å². The minimum atomic E-state index is -0.958. The zero-order chi connectivity index (χ0) is 22.8. The van der Waals surface area contributed by atoms with Gasteiger partial charge in [0.05, 0.1) is 5.56 Å². The van der Waals surface area contributed by atoms with Gasteiger partial charge in [-0.2, -0.15) is 0 Å². The number of aromatic hydroxyl groups is 1. The molecule has 0 heterocycles. The molecule has 4 rings (SSSR count). The van der Waals surface area contributed by atoms with Crippen molar-refractivity contribution in [1.82, 2.24) is 0 Å². The van der Waals surface area contributed by atoms with Crippen LogP contribution in [-0.2, 0) is 11.2 Å². The lowest BCUT2D eigenvalue weighted by Crippen LogP contribution is -2.58. The van der Waals surface area contributed by atoms with Gasteiger partial charge in [-0.15, -0.1) is 0 Å². The second-order valence-electron chi connectivity index (χ2n) is 11.9. The van der Waals surface area contributed by atoms with E-state index < -0.39 is 5.97 Å². The molecule has 0 amide bonds. The van der Waals surface area contributed by atoms with Gasteiger partial charge < -0.3 is 15.0 Å². The lowest BCUT2D eigenvalue weighted by molar-refractivity contribution is -0.163. The number of carbonyl (C=O) groups excluding carboxylic acids is 1. The Balaban J connectivity index is 1.73. The highest BCUT2D eigenvalue weighted by Gasteiger charge is 2.66. The molecule has 3 saturated carbocycles. The highest BCUT2D eigenvalue weighted by molar-refractivity contribution is 5.88. The predicted octanol–water partition coefficient (Wildman–Crippen LogP) is 6.11. The van der Waals surface area contributed by atoms with Gasteiger partial charge in [-0.3, -0.25) is 0 Å². The van der Waals surface area contributed by atoms with Crippen molar-refractivity contribution in [2.75, 3.05) is 0 Å². The number of carboxylic acid groups (broad SMARTS) is 1. The van der Waals surface area contributed by atoms with Crippen molar-refractivity contribution in [2.24, 2.45) is 39.4 Å². The van der Waals surface area contributed by atoms with Gasteiger partial charge in [0.1, 0.15) is 12.0 Å². The third-order valence-corrected chi connectivity index (χ3v) is 10.8. The highest BCUT2D eigenvalue weighted by Crippen LogP contribution is 2.73. The largest absolute Gasteiger partial charge is 0.508 e. The number of carbonyl (C=O) groups is 2. The van der Waals surface area contributed by atoms with Crippen LogP contribution in [0.25, 0.3) is 0 Å². The minimum Gasteiger partial charge on any atom is -0.508 e. The van der Waals surface area contributed by atoms with Crippen molar-refractivity contribution in [2.45, 2.75) is 79.6 Å². The van der Waals surface area contributed by atoms with E-state index in [2.05, 4.69) is 34.6 Å². The zero-order valence-electron chi connectivity index (χ0n) is 19.7. The Labute approximate surface area is 186 Å². The van der Waals surface area contributed by atoms with Crippen molar-refractivity contribution in [3.63, 3.8) is 0 Å². The van der Waals surface area contributed by atoms with Crippen LogP contribution in [0, 0.1) is 39.4 Å². The van der Waals surface area contributed by atoms with E-state index in [1.54, 1.807) is 6.07 Å². The highest BCUT2D eigenvalue weighted by atomic mass is 16.4. The molecule has 0 bridgehead atoms. The van der Waals surface area contributed by atoms with E-state index in [1.165, 1.54) is 24.8 Å². The van der Waals surface area contributed by atoms with Crippen molar-refractivity contribution in [3.05, 3.63) is 29.3 Å². The van der Waals surface area contributed by atoms with Gasteiger partial charge in [0, 0.05) is 5.41 Å². The van der Waals surface area contributed by atoms with Crippen LogP contribution in [0.15, 0.2) is 18.2 Å². The van der Waals surface area contributed by atoms with Crippen LogP contribution in [0.4, 0.5) is 0 Å². The topological polar surface area (TPSA) is 74.6 Å². The van der Waals surface area contributed by atoms with Gasteiger partial charge in [0.15, 0.2) is 0 Å². The van der Waals surface area contributed by atoms with E-state index in [4.69, 9.17) is 0 Å². The third-order valence-electron chi connectivity index (χ3n) is 10.8. The summed E-state index contributed by atoms with van der Waals surface area (Å²) in [5, 5.41) is 20.0. The molecule has 0 spiro atoms. The summed E-state index contributed by atoms with van der Waals surface area (Å²) in [6, 6.07) is 4.66. The van der Waals surface area contributed by atoms with Crippen LogP contribution in [0.3, 0.4) is 0 Å². The molecule has 0 saturated heterocycles. The number of hydrogen-bond donors (Lipinski definition) is 2. The first kappa shape index (κ1) is 22.4. The number of rotatable bonds is 4. The van der Waals surface area contributed by atoms with Gasteiger partial charge in [-0.05, 0) is 103 Å². The molecule has 170 valence electrons. The number of benzene rings is 1. The van der Waals surface area contributed by atoms with Crippen molar-refractivity contribution >= 4 is 12.3 Å². The molecule has 4 heteroatoms. The Kier molecular flexibility index (Phi) is 5.11. The van der Waals surface area contributed by atoms with Crippen LogP contribution in [0.5, 0.6) is 5.75 Å². The maximum absolute atomic E-state index is 12.1. The molecule has 7 atom stereocenters. The standard InChI is InChI=1S/C27H38O4/c1-17-8-12-25(3)21(10-13-27(5)22(25)9-11-24(27,2)16-28)26(17,4)15-19-14-18(23(30)31)6-7-20(19)29/h6-7,14,16-17,21-22,29H,8-13,15H2,1-5H3,(H,30,31)/t17-,21-,22-,24+,25+,26-,27-/m1/s1. The number of phenolic OH excluding ortho intramolecular Hbond substituents is 1. The average molecular weight is 427 g/mol. The smallest absolute Gasteiger partial charge is 0.335 e. The number of carboxylic acids is 1. The molecular formula is C27H38O4. The van der Waals surface area contributed by atoms with Crippen LogP contribution in [0.2, 0.25) is 0 Å². The van der Waals surface area contributed by atoms with E-state index in [-0.39, 0.29) is 33.0 Å². The fraction of sp³-hybridized carbons (Fsp3) is 0.704. The monoisotopic (exact) mass is 426 g/mol. The molecule has 3 fully saturated rings. The van der Waals surface area contributed by atoms with E-state index in [9.17, 15) is 19.8 Å². The Bertz CT molecular complexity index is 908. The molecule has 0 aromatic heterocycles. The Hall–Kier alpha value is -1.84. The van der Waals surface area contributed by atoms with E-state index in [1.807, 2.05) is 0 Å². The van der Waals surface area contributed by atoms with Gasteiger partial charge >= 0.3 is 5.97 Å². The van der Waals surface area contributed by atoms with Crippen molar-refractivity contribution < 1.29 is 19.8 Å². The lowest BCUT2D eigenvalue weighted by Gasteiger charge is -2.65. The first-order valence-electron chi connectivity index (χ1n) is 11.9. The SMILES string of the molecule is C[C@@H]1CC[C@@]2(C)[C@@H](CC[C@]3(C)[C@@H]2CC[C@@]3(C)C=O)[C@]1(C)Cc1cc(C(=O)O)ccc1O. The minimum absolute atomic E-state index is 0.0247. The second kappa shape index (κ2) is 7.08. The summed E-state index contributed by atoms with van der Waals surface area (Å²) in [5.74, 6) is 0.742.